The maximum absolute atomic E-state index is 13.4. The molecule has 2 nitrogen and oxygen atoms in total. The molecule has 2 aromatic carbocycles. The lowest BCUT2D eigenvalue weighted by atomic mass is 10.1. The van der Waals surface area contributed by atoms with Crippen LogP contribution in [0.3, 0.4) is 0 Å². The summed E-state index contributed by atoms with van der Waals surface area (Å²) >= 11 is 0. The zero-order chi connectivity index (χ0) is 14.6. The molecule has 0 bridgehead atoms. The molecule has 3 heteroatoms. The molecule has 0 fully saturated rings. The summed E-state index contributed by atoms with van der Waals surface area (Å²) in [6.07, 6.45) is 0. The fourth-order valence-electron chi connectivity index (χ4n) is 1.67. The molecule has 0 unspecified atom stereocenters. The van der Waals surface area contributed by atoms with Crippen molar-refractivity contribution in [2.24, 2.45) is 0 Å². The minimum Gasteiger partial charge on any atom is -0.457 e. The molecule has 0 spiro atoms. The molecule has 20 heavy (non-hydrogen) atoms. The average Bonchev–Trinajstić information content (AvgIpc) is 2.39. The van der Waals surface area contributed by atoms with Crippen LogP contribution in [0, 0.1) is 5.82 Å². The first-order chi connectivity index (χ1) is 9.44. The van der Waals surface area contributed by atoms with Crippen LogP contribution in [-0.4, -0.2) is 5.60 Å². The van der Waals surface area contributed by atoms with Gasteiger partial charge in [-0.05, 0) is 51.1 Å². The van der Waals surface area contributed by atoms with Crippen molar-refractivity contribution in [3.63, 3.8) is 0 Å². The molecule has 0 saturated heterocycles. The normalized spacial score (nSPS) is 11.4. The number of hydrogen-bond acceptors (Lipinski definition) is 2. The minimum atomic E-state index is -0.294. The van der Waals surface area contributed by atoms with Crippen LogP contribution in [0.1, 0.15) is 26.3 Å². The standard InChI is InChI=1S/C17H19FO2/c1-17(2,3)19-12-13-11-14(18)9-10-16(13)20-15-7-5-4-6-8-15/h4-11H,12H2,1-3H3. The summed E-state index contributed by atoms with van der Waals surface area (Å²) in [5, 5.41) is 0. The van der Waals surface area contributed by atoms with E-state index in [1.807, 2.05) is 51.1 Å². The summed E-state index contributed by atoms with van der Waals surface area (Å²) in [5.74, 6) is 1.04. The maximum atomic E-state index is 13.4. The van der Waals surface area contributed by atoms with E-state index in [0.717, 1.165) is 5.75 Å². The monoisotopic (exact) mass is 274 g/mol. The van der Waals surface area contributed by atoms with Gasteiger partial charge in [0.25, 0.3) is 0 Å². The van der Waals surface area contributed by atoms with E-state index in [-0.39, 0.29) is 11.4 Å². The Bertz CT molecular complexity index is 559. The number of halogens is 1. The third kappa shape index (κ3) is 4.35. The number of hydrogen-bond donors (Lipinski definition) is 0. The van der Waals surface area contributed by atoms with Crippen molar-refractivity contribution in [2.75, 3.05) is 0 Å². The lowest BCUT2D eigenvalue weighted by Crippen LogP contribution is -2.18. The van der Waals surface area contributed by atoms with Crippen molar-refractivity contribution in [1.82, 2.24) is 0 Å². The van der Waals surface area contributed by atoms with Gasteiger partial charge in [-0.25, -0.2) is 4.39 Å². The zero-order valence-corrected chi connectivity index (χ0v) is 12.0. The Morgan fingerprint density at radius 1 is 1.00 bits per heavy atom. The summed E-state index contributed by atoms with van der Waals surface area (Å²) in [5.41, 5.74) is 0.417. The van der Waals surface area contributed by atoms with Gasteiger partial charge in [-0.2, -0.15) is 0 Å². The molecule has 0 N–H and O–H groups in total. The molecular formula is C17H19FO2. The molecule has 0 amide bonds. The first kappa shape index (κ1) is 14.5. The van der Waals surface area contributed by atoms with E-state index in [2.05, 4.69) is 0 Å². The molecule has 0 aliphatic rings. The van der Waals surface area contributed by atoms with Crippen molar-refractivity contribution in [3.8, 4) is 11.5 Å². The van der Waals surface area contributed by atoms with Crippen molar-refractivity contribution in [1.29, 1.82) is 0 Å². The SMILES string of the molecule is CC(C)(C)OCc1cc(F)ccc1Oc1ccccc1. The fraction of sp³-hybridized carbons (Fsp3) is 0.294. The maximum Gasteiger partial charge on any atom is 0.133 e. The van der Waals surface area contributed by atoms with Crippen LogP contribution in [0.5, 0.6) is 11.5 Å². The zero-order valence-electron chi connectivity index (χ0n) is 12.0. The van der Waals surface area contributed by atoms with Crippen LogP contribution in [0.4, 0.5) is 4.39 Å². The van der Waals surface area contributed by atoms with Crippen LogP contribution in [0.15, 0.2) is 48.5 Å². The minimum absolute atomic E-state index is 0.281. The summed E-state index contributed by atoms with van der Waals surface area (Å²) in [6, 6.07) is 13.9. The summed E-state index contributed by atoms with van der Waals surface area (Å²) in [6.45, 7) is 6.20. The third-order valence-corrected chi connectivity index (χ3v) is 2.65. The molecule has 2 rings (SSSR count). The molecule has 0 saturated carbocycles. The Hall–Kier alpha value is -1.87. The third-order valence-electron chi connectivity index (χ3n) is 2.65. The average molecular weight is 274 g/mol. The topological polar surface area (TPSA) is 18.5 Å². The van der Waals surface area contributed by atoms with Crippen molar-refractivity contribution in [2.45, 2.75) is 33.0 Å². The highest BCUT2D eigenvalue weighted by molar-refractivity contribution is 5.37. The van der Waals surface area contributed by atoms with Crippen LogP contribution in [0.25, 0.3) is 0 Å². The van der Waals surface area contributed by atoms with Gasteiger partial charge in [-0.1, -0.05) is 18.2 Å². The van der Waals surface area contributed by atoms with Crippen molar-refractivity contribution >= 4 is 0 Å². The Balaban J connectivity index is 2.19. The Morgan fingerprint density at radius 2 is 1.70 bits per heavy atom. The largest absolute Gasteiger partial charge is 0.457 e. The second-order valence-corrected chi connectivity index (χ2v) is 5.57. The number of benzene rings is 2. The number of para-hydroxylation sites is 1. The number of ether oxygens (including phenoxy) is 2. The van der Waals surface area contributed by atoms with Crippen LogP contribution in [-0.2, 0) is 11.3 Å². The molecule has 0 heterocycles. The van der Waals surface area contributed by atoms with Gasteiger partial charge in [0, 0.05) is 5.56 Å². The van der Waals surface area contributed by atoms with E-state index < -0.39 is 0 Å². The van der Waals surface area contributed by atoms with Gasteiger partial charge in [0.15, 0.2) is 0 Å². The van der Waals surface area contributed by atoms with E-state index in [9.17, 15) is 4.39 Å². The van der Waals surface area contributed by atoms with E-state index in [4.69, 9.17) is 9.47 Å². The molecule has 0 atom stereocenters. The summed E-state index contributed by atoms with van der Waals surface area (Å²) in [7, 11) is 0. The van der Waals surface area contributed by atoms with Gasteiger partial charge in [-0.3, -0.25) is 0 Å². The molecule has 0 aromatic heterocycles. The lowest BCUT2D eigenvalue weighted by Gasteiger charge is -2.20. The Morgan fingerprint density at radius 3 is 2.35 bits per heavy atom. The predicted octanol–water partition coefficient (Wildman–Crippen LogP) is 4.93. The summed E-state index contributed by atoms with van der Waals surface area (Å²) < 4.78 is 24.9. The van der Waals surface area contributed by atoms with Crippen LogP contribution < -0.4 is 4.74 Å². The molecule has 106 valence electrons. The Labute approximate surface area is 119 Å². The van der Waals surface area contributed by atoms with Gasteiger partial charge in [0.05, 0.1) is 12.2 Å². The van der Waals surface area contributed by atoms with Crippen molar-refractivity contribution < 1.29 is 13.9 Å². The van der Waals surface area contributed by atoms with Crippen LogP contribution >= 0.6 is 0 Å². The quantitative estimate of drug-likeness (QED) is 0.786. The second-order valence-electron chi connectivity index (χ2n) is 5.57. The highest BCUT2D eigenvalue weighted by Gasteiger charge is 2.13. The van der Waals surface area contributed by atoms with Gasteiger partial charge in [0.1, 0.15) is 17.3 Å². The second kappa shape index (κ2) is 6.06. The first-order valence-electron chi connectivity index (χ1n) is 6.59. The summed E-state index contributed by atoms with van der Waals surface area (Å²) in [4.78, 5) is 0. The molecule has 2 aromatic rings. The van der Waals surface area contributed by atoms with E-state index in [1.165, 1.54) is 12.1 Å². The highest BCUT2D eigenvalue weighted by atomic mass is 19.1. The van der Waals surface area contributed by atoms with Crippen LogP contribution in [0.2, 0.25) is 0 Å². The molecule has 0 aliphatic heterocycles. The van der Waals surface area contributed by atoms with E-state index >= 15 is 0 Å². The Kier molecular flexibility index (Phi) is 4.40. The molecular weight excluding hydrogens is 255 g/mol. The van der Waals surface area contributed by atoms with Crippen molar-refractivity contribution in [3.05, 3.63) is 59.9 Å². The van der Waals surface area contributed by atoms with E-state index in [1.54, 1.807) is 6.07 Å². The van der Waals surface area contributed by atoms with Gasteiger partial charge < -0.3 is 9.47 Å². The predicted molar refractivity (Wildman–Crippen MR) is 77.5 cm³/mol. The van der Waals surface area contributed by atoms with Gasteiger partial charge in [-0.15, -0.1) is 0 Å². The number of rotatable bonds is 4. The fourth-order valence-corrected chi connectivity index (χ4v) is 1.67. The molecule has 0 aliphatic carbocycles. The first-order valence-corrected chi connectivity index (χ1v) is 6.59. The van der Waals surface area contributed by atoms with Gasteiger partial charge >= 0.3 is 0 Å². The van der Waals surface area contributed by atoms with Gasteiger partial charge in [0.2, 0.25) is 0 Å². The highest BCUT2D eigenvalue weighted by Crippen LogP contribution is 2.27. The van der Waals surface area contributed by atoms with E-state index in [0.29, 0.717) is 17.9 Å². The smallest absolute Gasteiger partial charge is 0.133 e. The molecule has 0 radical (unpaired) electrons. The lowest BCUT2D eigenvalue weighted by molar-refractivity contribution is -0.0156.